The number of thioether (sulfide) groups is 1. The average Bonchev–Trinajstić information content (AvgIpc) is 2.29. The minimum absolute atomic E-state index is 0.218. The first-order valence-corrected chi connectivity index (χ1v) is 8.15. The Morgan fingerprint density at radius 1 is 1.61 bits per heavy atom. The molecule has 1 unspecified atom stereocenters. The van der Waals surface area contributed by atoms with Crippen LogP contribution in [-0.4, -0.2) is 35.2 Å². The molecule has 0 bridgehead atoms. The minimum atomic E-state index is -0.904. The molecule has 1 aromatic carbocycles. The maximum atomic E-state index is 12.0. The summed E-state index contributed by atoms with van der Waals surface area (Å²) in [6.45, 7) is 1.92. The second kappa shape index (κ2) is 6.98. The lowest BCUT2D eigenvalue weighted by molar-refractivity contribution is 0.0724. The molecule has 1 amide bonds. The van der Waals surface area contributed by atoms with E-state index in [1.54, 1.807) is 25.1 Å². The third kappa shape index (κ3) is 4.95. The van der Waals surface area contributed by atoms with Crippen molar-refractivity contribution >= 4 is 51.9 Å². The number of aliphatic hydroxyl groups is 1. The van der Waals surface area contributed by atoms with Crippen LogP contribution in [0.1, 0.15) is 17.3 Å². The summed E-state index contributed by atoms with van der Waals surface area (Å²) in [6.07, 6.45) is 1.91. The lowest BCUT2D eigenvalue weighted by Gasteiger charge is -2.22. The minimum Gasteiger partial charge on any atom is -0.387 e. The van der Waals surface area contributed by atoms with Gasteiger partial charge in [-0.25, -0.2) is 0 Å². The number of hydrogen-bond acceptors (Lipinski definition) is 3. The van der Waals surface area contributed by atoms with Gasteiger partial charge in [0.1, 0.15) is 0 Å². The number of halogens is 2. The molecule has 1 rings (SSSR count). The van der Waals surface area contributed by atoms with Gasteiger partial charge in [0, 0.05) is 20.9 Å². The van der Waals surface area contributed by atoms with E-state index >= 15 is 0 Å². The Morgan fingerprint density at radius 3 is 2.89 bits per heavy atom. The molecule has 3 nitrogen and oxygen atoms in total. The molecular formula is C12H15ClINO2S. The van der Waals surface area contributed by atoms with Crippen LogP contribution >= 0.6 is 46.0 Å². The summed E-state index contributed by atoms with van der Waals surface area (Å²) in [6, 6.07) is 5.16. The summed E-state index contributed by atoms with van der Waals surface area (Å²) in [5, 5.41) is 13.2. The van der Waals surface area contributed by atoms with Crippen molar-refractivity contribution in [2.45, 2.75) is 12.5 Å². The highest BCUT2D eigenvalue weighted by Gasteiger charge is 2.21. The third-order valence-electron chi connectivity index (χ3n) is 2.26. The molecule has 0 radical (unpaired) electrons. The summed E-state index contributed by atoms with van der Waals surface area (Å²) in [7, 11) is 0. The monoisotopic (exact) mass is 399 g/mol. The van der Waals surface area contributed by atoms with Gasteiger partial charge in [0.05, 0.1) is 11.2 Å². The molecule has 2 N–H and O–H groups in total. The zero-order chi connectivity index (χ0) is 13.8. The first-order chi connectivity index (χ1) is 8.35. The van der Waals surface area contributed by atoms with Crippen LogP contribution in [0.3, 0.4) is 0 Å². The molecule has 0 aromatic heterocycles. The lowest BCUT2D eigenvalue weighted by Crippen LogP contribution is -2.42. The number of hydrogen-bond donors (Lipinski definition) is 2. The fourth-order valence-electron chi connectivity index (χ4n) is 1.40. The number of nitrogens with one attached hydrogen (secondary N) is 1. The summed E-state index contributed by atoms with van der Waals surface area (Å²) >= 11 is 9.49. The zero-order valence-electron chi connectivity index (χ0n) is 10.2. The van der Waals surface area contributed by atoms with E-state index in [0.717, 1.165) is 3.57 Å². The molecule has 0 spiro atoms. The van der Waals surface area contributed by atoms with Crippen molar-refractivity contribution in [1.82, 2.24) is 5.32 Å². The fraction of sp³-hybridized carbons (Fsp3) is 0.417. The van der Waals surface area contributed by atoms with Crippen LogP contribution in [0.4, 0.5) is 0 Å². The van der Waals surface area contributed by atoms with E-state index < -0.39 is 5.60 Å². The topological polar surface area (TPSA) is 49.3 Å². The molecule has 0 saturated carbocycles. The maximum absolute atomic E-state index is 12.0. The quantitative estimate of drug-likeness (QED) is 0.749. The second-order valence-corrected chi connectivity index (χ2v) is 6.70. The van der Waals surface area contributed by atoms with Crippen molar-refractivity contribution in [2.24, 2.45) is 0 Å². The predicted octanol–water partition coefficient (Wildman–Crippen LogP) is 2.79. The van der Waals surface area contributed by atoms with Gasteiger partial charge in [0.15, 0.2) is 0 Å². The highest BCUT2D eigenvalue weighted by atomic mass is 127. The SMILES string of the molecule is CSCC(C)(O)CNC(=O)c1cc(Cl)ccc1I. The molecule has 1 aromatic rings. The van der Waals surface area contributed by atoms with E-state index in [-0.39, 0.29) is 12.5 Å². The zero-order valence-corrected chi connectivity index (χ0v) is 13.9. The molecule has 0 aliphatic carbocycles. The van der Waals surface area contributed by atoms with Gasteiger partial charge in [-0.2, -0.15) is 11.8 Å². The van der Waals surface area contributed by atoms with Gasteiger partial charge >= 0.3 is 0 Å². The Bertz CT molecular complexity index is 440. The van der Waals surface area contributed by atoms with Crippen LogP contribution in [0, 0.1) is 3.57 Å². The molecule has 1 atom stereocenters. The van der Waals surface area contributed by atoms with Gasteiger partial charge < -0.3 is 10.4 Å². The average molecular weight is 400 g/mol. The Labute approximate surface area is 130 Å². The van der Waals surface area contributed by atoms with Crippen molar-refractivity contribution in [3.8, 4) is 0 Å². The molecule has 0 saturated heterocycles. The molecule has 0 aliphatic heterocycles. The van der Waals surface area contributed by atoms with E-state index in [0.29, 0.717) is 16.3 Å². The van der Waals surface area contributed by atoms with Crippen molar-refractivity contribution in [1.29, 1.82) is 0 Å². The number of carbonyl (C=O) groups is 1. The number of carbonyl (C=O) groups excluding carboxylic acids is 1. The molecule has 6 heteroatoms. The van der Waals surface area contributed by atoms with Gasteiger partial charge in [-0.1, -0.05) is 11.6 Å². The number of amides is 1. The predicted molar refractivity (Wildman–Crippen MR) is 85.5 cm³/mol. The van der Waals surface area contributed by atoms with Gasteiger partial charge in [-0.05, 0) is 54.0 Å². The number of benzene rings is 1. The van der Waals surface area contributed by atoms with E-state index in [1.807, 2.05) is 6.26 Å². The smallest absolute Gasteiger partial charge is 0.252 e. The normalized spacial score (nSPS) is 14.1. The van der Waals surface area contributed by atoms with Crippen LogP contribution in [-0.2, 0) is 0 Å². The van der Waals surface area contributed by atoms with Gasteiger partial charge in [0.25, 0.3) is 5.91 Å². The largest absolute Gasteiger partial charge is 0.387 e. The molecule has 0 heterocycles. The first-order valence-electron chi connectivity index (χ1n) is 5.30. The highest BCUT2D eigenvalue weighted by molar-refractivity contribution is 14.1. The first kappa shape index (κ1) is 16.1. The van der Waals surface area contributed by atoms with Crippen LogP contribution in [0.2, 0.25) is 5.02 Å². The van der Waals surface area contributed by atoms with E-state index in [9.17, 15) is 9.90 Å². The molecule has 18 heavy (non-hydrogen) atoms. The van der Waals surface area contributed by atoms with Crippen molar-refractivity contribution < 1.29 is 9.90 Å². The molecule has 0 aliphatic rings. The second-order valence-electron chi connectivity index (χ2n) is 4.24. The van der Waals surface area contributed by atoms with E-state index in [4.69, 9.17) is 11.6 Å². The summed E-state index contributed by atoms with van der Waals surface area (Å²) in [5.74, 6) is 0.350. The standard InChI is InChI=1S/C12H15ClINO2S/c1-12(17,7-18-2)6-15-11(16)9-5-8(13)3-4-10(9)14/h3-5,17H,6-7H2,1-2H3,(H,15,16). The van der Waals surface area contributed by atoms with Gasteiger partial charge in [-0.3, -0.25) is 4.79 Å². The Morgan fingerprint density at radius 2 is 2.28 bits per heavy atom. The van der Waals surface area contributed by atoms with Crippen LogP contribution in [0.5, 0.6) is 0 Å². The fourth-order valence-corrected chi connectivity index (χ4v) is 2.88. The van der Waals surface area contributed by atoms with E-state index in [2.05, 4.69) is 27.9 Å². The molecule has 100 valence electrons. The molecular weight excluding hydrogens is 385 g/mol. The highest BCUT2D eigenvalue weighted by Crippen LogP contribution is 2.18. The van der Waals surface area contributed by atoms with Crippen LogP contribution in [0.15, 0.2) is 18.2 Å². The number of rotatable bonds is 5. The Hall–Kier alpha value is 0.0200. The lowest BCUT2D eigenvalue weighted by atomic mass is 10.1. The Kier molecular flexibility index (Phi) is 6.23. The summed E-state index contributed by atoms with van der Waals surface area (Å²) in [4.78, 5) is 12.0. The van der Waals surface area contributed by atoms with Crippen molar-refractivity contribution in [3.05, 3.63) is 32.4 Å². The van der Waals surface area contributed by atoms with Crippen molar-refractivity contribution in [3.63, 3.8) is 0 Å². The van der Waals surface area contributed by atoms with E-state index in [1.165, 1.54) is 11.8 Å². The third-order valence-corrected chi connectivity index (χ3v) is 4.34. The van der Waals surface area contributed by atoms with Crippen LogP contribution in [0.25, 0.3) is 0 Å². The van der Waals surface area contributed by atoms with Gasteiger partial charge in [0.2, 0.25) is 0 Å². The van der Waals surface area contributed by atoms with Crippen LogP contribution < -0.4 is 5.32 Å². The summed E-state index contributed by atoms with van der Waals surface area (Å²) < 4.78 is 0.832. The van der Waals surface area contributed by atoms with Crippen molar-refractivity contribution in [2.75, 3.05) is 18.6 Å². The molecule has 0 fully saturated rings. The maximum Gasteiger partial charge on any atom is 0.252 e. The Balaban J connectivity index is 2.69. The van der Waals surface area contributed by atoms with Gasteiger partial charge in [-0.15, -0.1) is 0 Å². The summed E-state index contributed by atoms with van der Waals surface area (Å²) in [5.41, 5.74) is -0.373.